The van der Waals surface area contributed by atoms with Crippen LogP contribution in [0.4, 0.5) is 0 Å². The van der Waals surface area contributed by atoms with Gasteiger partial charge >= 0.3 is 0 Å². The first-order chi connectivity index (χ1) is 13.1. The molecule has 0 radical (unpaired) electrons. The smallest absolute Gasteiger partial charge is 0.244 e. The fourth-order valence-electron chi connectivity index (χ4n) is 3.20. The zero-order valence-corrected chi connectivity index (χ0v) is 16.3. The Morgan fingerprint density at radius 1 is 1.19 bits per heavy atom. The minimum atomic E-state index is -0.117. The quantitative estimate of drug-likeness (QED) is 0.750. The number of amides is 1. The van der Waals surface area contributed by atoms with Crippen LogP contribution >= 0.6 is 11.6 Å². The lowest BCUT2D eigenvalue weighted by Crippen LogP contribution is -3.14. The molecule has 1 atom stereocenters. The molecule has 0 bridgehead atoms. The fourth-order valence-corrected chi connectivity index (χ4v) is 3.40. The minimum absolute atomic E-state index is 0.0397. The van der Waals surface area contributed by atoms with Gasteiger partial charge in [0.2, 0.25) is 5.91 Å². The Morgan fingerprint density at radius 2 is 1.89 bits per heavy atom. The SMILES string of the molecule is Cc1ccc([C@@H](C[NH+]2CCOCC2)NC(=O)/C=C/c2ccccc2Cl)cc1. The highest BCUT2D eigenvalue weighted by molar-refractivity contribution is 6.32. The van der Waals surface area contributed by atoms with Crippen molar-refractivity contribution in [2.75, 3.05) is 32.8 Å². The van der Waals surface area contributed by atoms with Crippen molar-refractivity contribution in [1.29, 1.82) is 0 Å². The van der Waals surface area contributed by atoms with Crippen molar-refractivity contribution in [1.82, 2.24) is 5.32 Å². The third-order valence-corrected chi connectivity index (χ3v) is 5.15. The molecule has 3 rings (SSSR count). The predicted molar refractivity (Wildman–Crippen MR) is 109 cm³/mol. The summed E-state index contributed by atoms with van der Waals surface area (Å²) >= 11 is 6.15. The first-order valence-electron chi connectivity index (χ1n) is 9.33. The number of halogens is 1. The zero-order valence-electron chi connectivity index (χ0n) is 15.6. The number of carbonyl (C=O) groups is 1. The second-order valence-corrected chi connectivity index (χ2v) is 7.30. The average Bonchev–Trinajstić information content (AvgIpc) is 2.68. The number of carbonyl (C=O) groups excluding carboxylic acids is 1. The first kappa shape index (κ1) is 19.6. The van der Waals surface area contributed by atoms with Crippen molar-refractivity contribution in [3.05, 3.63) is 76.3 Å². The number of hydrogen-bond donors (Lipinski definition) is 2. The summed E-state index contributed by atoms with van der Waals surface area (Å²) in [6, 6.07) is 15.8. The van der Waals surface area contributed by atoms with E-state index in [4.69, 9.17) is 16.3 Å². The molecule has 142 valence electrons. The molecule has 27 heavy (non-hydrogen) atoms. The van der Waals surface area contributed by atoms with Crippen molar-refractivity contribution >= 4 is 23.6 Å². The van der Waals surface area contributed by atoms with Crippen molar-refractivity contribution in [2.45, 2.75) is 13.0 Å². The first-order valence-corrected chi connectivity index (χ1v) is 9.70. The molecule has 2 N–H and O–H groups in total. The summed E-state index contributed by atoms with van der Waals surface area (Å²) in [4.78, 5) is 14.0. The van der Waals surface area contributed by atoms with Gasteiger partial charge in [0.25, 0.3) is 0 Å². The van der Waals surface area contributed by atoms with Crippen molar-refractivity contribution in [3.8, 4) is 0 Å². The lowest BCUT2D eigenvalue weighted by atomic mass is 10.0. The maximum atomic E-state index is 12.5. The third-order valence-electron chi connectivity index (χ3n) is 4.81. The molecule has 1 heterocycles. The molecule has 1 fully saturated rings. The second-order valence-electron chi connectivity index (χ2n) is 6.89. The van der Waals surface area contributed by atoms with Gasteiger partial charge < -0.3 is 15.0 Å². The van der Waals surface area contributed by atoms with Crippen LogP contribution in [0.15, 0.2) is 54.6 Å². The van der Waals surface area contributed by atoms with Crippen LogP contribution in [0.3, 0.4) is 0 Å². The van der Waals surface area contributed by atoms with E-state index in [-0.39, 0.29) is 11.9 Å². The van der Waals surface area contributed by atoms with Crippen molar-refractivity contribution in [2.24, 2.45) is 0 Å². The summed E-state index contributed by atoms with van der Waals surface area (Å²) in [5, 5.41) is 3.79. The molecule has 1 aliphatic rings. The lowest BCUT2D eigenvalue weighted by molar-refractivity contribution is -0.909. The monoisotopic (exact) mass is 385 g/mol. The van der Waals surface area contributed by atoms with Crippen LogP contribution in [-0.4, -0.2) is 38.8 Å². The van der Waals surface area contributed by atoms with Gasteiger partial charge in [-0.25, -0.2) is 0 Å². The van der Waals surface area contributed by atoms with Gasteiger partial charge in [0.1, 0.15) is 25.7 Å². The highest BCUT2D eigenvalue weighted by atomic mass is 35.5. The Bertz CT molecular complexity index is 783. The largest absolute Gasteiger partial charge is 0.370 e. The van der Waals surface area contributed by atoms with Gasteiger partial charge in [-0.15, -0.1) is 0 Å². The number of aryl methyl sites for hydroxylation is 1. The topological polar surface area (TPSA) is 42.8 Å². The predicted octanol–water partition coefficient (Wildman–Crippen LogP) is 2.43. The van der Waals surface area contributed by atoms with Crippen LogP contribution in [0, 0.1) is 6.92 Å². The highest BCUT2D eigenvalue weighted by Gasteiger charge is 2.22. The van der Waals surface area contributed by atoms with Gasteiger partial charge in [0.05, 0.1) is 13.2 Å². The molecule has 2 aromatic carbocycles. The van der Waals surface area contributed by atoms with E-state index >= 15 is 0 Å². The van der Waals surface area contributed by atoms with Crippen LogP contribution in [0.1, 0.15) is 22.7 Å². The van der Waals surface area contributed by atoms with Crippen LogP contribution in [0.25, 0.3) is 6.08 Å². The van der Waals surface area contributed by atoms with E-state index in [1.165, 1.54) is 10.5 Å². The molecule has 1 aliphatic heterocycles. The van der Waals surface area contributed by atoms with Gasteiger partial charge in [0.15, 0.2) is 0 Å². The summed E-state index contributed by atoms with van der Waals surface area (Å²) in [6.07, 6.45) is 3.31. The van der Waals surface area contributed by atoms with Gasteiger partial charge in [-0.3, -0.25) is 4.79 Å². The Kier molecular flexibility index (Phi) is 7.04. The molecular weight excluding hydrogens is 360 g/mol. The number of morpholine rings is 1. The van der Waals surface area contributed by atoms with Gasteiger partial charge in [-0.1, -0.05) is 59.6 Å². The van der Waals surface area contributed by atoms with Crippen LogP contribution in [-0.2, 0) is 9.53 Å². The number of rotatable bonds is 6. The number of quaternary nitrogens is 1. The highest BCUT2D eigenvalue weighted by Crippen LogP contribution is 2.17. The lowest BCUT2D eigenvalue weighted by Gasteiger charge is -2.28. The number of benzene rings is 2. The Morgan fingerprint density at radius 3 is 2.59 bits per heavy atom. The van der Waals surface area contributed by atoms with E-state index < -0.39 is 0 Å². The van der Waals surface area contributed by atoms with E-state index in [1.807, 2.05) is 24.3 Å². The van der Waals surface area contributed by atoms with E-state index in [9.17, 15) is 4.79 Å². The summed E-state index contributed by atoms with van der Waals surface area (Å²) in [5.74, 6) is -0.117. The van der Waals surface area contributed by atoms with Crippen LogP contribution in [0.2, 0.25) is 5.02 Å². The van der Waals surface area contributed by atoms with E-state index in [1.54, 1.807) is 12.2 Å². The second kappa shape index (κ2) is 9.70. The zero-order chi connectivity index (χ0) is 19.1. The number of nitrogens with one attached hydrogen (secondary N) is 2. The van der Waals surface area contributed by atoms with Crippen LogP contribution < -0.4 is 10.2 Å². The van der Waals surface area contributed by atoms with E-state index in [0.717, 1.165) is 44.0 Å². The molecule has 0 aliphatic carbocycles. The molecule has 1 amide bonds. The maximum Gasteiger partial charge on any atom is 0.244 e. The molecule has 2 aromatic rings. The van der Waals surface area contributed by atoms with Gasteiger partial charge in [0, 0.05) is 11.1 Å². The maximum absolute atomic E-state index is 12.5. The summed E-state index contributed by atoms with van der Waals surface area (Å²) in [7, 11) is 0. The van der Waals surface area contributed by atoms with Crippen molar-refractivity contribution in [3.63, 3.8) is 0 Å². The van der Waals surface area contributed by atoms with E-state index in [2.05, 4.69) is 36.5 Å². The summed E-state index contributed by atoms with van der Waals surface area (Å²) in [5.41, 5.74) is 3.17. The Balaban J connectivity index is 1.70. The standard InChI is InChI=1S/C22H25ClN2O2/c1-17-6-8-19(9-7-17)21(16-25-12-14-27-15-13-25)24-22(26)11-10-18-4-2-3-5-20(18)23/h2-11,21H,12-16H2,1H3,(H,24,26)/p+1/b11-10+/t21-/m1/s1. The van der Waals surface area contributed by atoms with Crippen molar-refractivity contribution < 1.29 is 14.4 Å². The summed E-state index contributed by atoms with van der Waals surface area (Å²) < 4.78 is 5.45. The molecule has 0 saturated carbocycles. The Hall–Kier alpha value is -2.14. The number of hydrogen-bond acceptors (Lipinski definition) is 2. The minimum Gasteiger partial charge on any atom is -0.370 e. The third kappa shape index (κ3) is 5.93. The van der Waals surface area contributed by atoms with Gasteiger partial charge in [-0.2, -0.15) is 0 Å². The Labute approximate surface area is 165 Å². The molecule has 0 spiro atoms. The normalized spacial score (nSPS) is 16.4. The average molecular weight is 386 g/mol. The molecule has 4 nitrogen and oxygen atoms in total. The van der Waals surface area contributed by atoms with E-state index in [0.29, 0.717) is 5.02 Å². The molecule has 1 saturated heterocycles. The van der Waals surface area contributed by atoms with Gasteiger partial charge in [-0.05, 0) is 30.2 Å². The molecule has 5 heteroatoms. The van der Waals surface area contributed by atoms with Crippen LogP contribution in [0.5, 0.6) is 0 Å². The molecule has 0 unspecified atom stereocenters. The molecule has 0 aromatic heterocycles. The summed E-state index contributed by atoms with van der Waals surface area (Å²) in [6.45, 7) is 6.39. The molecular formula is C22H26ClN2O2+. The fraction of sp³-hybridized carbons (Fsp3) is 0.318. The number of ether oxygens (including phenoxy) is 1.